The Hall–Kier alpha value is -3.03. The molecule has 0 unspecified atom stereocenters. The van der Waals surface area contributed by atoms with E-state index < -0.39 is 5.82 Å². The van der Waals surface area contributed by atoms with Crippen molar-refractivity contribution in [2.45, 2.75) is 32.4 Å². The fourth-order valence-corrected chi connectivity index (χ4v) is 5.57. The average molecular weight is 449 g/mol. The number of para-hydroxylation sites is 1. The molecule has 0 atom stereocenters. The van der Waals surface area contributed by atoms with E-state index in [1.54, 1.807) is 29.8 Å². The Bertz CT molecular complexity index is 1240. The minimum absolute atomic E-state index is 0.223. The van der Waals surface area contributed by atoms with Gasteiger partial charge in [-0.25, -0.2) is 14.4 Å². The van der Waals surface area contributed by atoms with E-state index >= 15 is 0 Å². The second-order valence-corrected chi connectivity index (χ2v) is 9.34. The molecule has 2 aromatic heterocycles. The first-order valence-electron chi connectivity index (χ1n) is 10.9. The molecule has 2 N–H and O–H groups in total. The molecule has 164 valence electrons. The van der Waals surface area contributed by atoms with Crippen molar-refractivity contribution in [3.8, 4) is 16.9 Å². The molecule has 0 bridgehead atoms. The number of rotatable bonds is 5. The van der Waals surface area contributed by atoms with Crippen molar-refractivity contribution in [1.82, 2.24) is 15.3 Å². The van der Waals surface area contributed by atoms with E-state index in [0.29, 0.717) is 12.1 Å². The van der Waals surface area contributed by atoms with Crippen LogP contribution in [0.1, 0.15) is 23.3 Å². The van der Waals surface area contributed by atoms with Crippen LogP contribution in [-0.2, 0) is 6.54 Å². The standard InChI is InChI=1S/C25H25FN4OS/c1-16-21(17-6-3-2-4-7-17)22-24(28-15-29-25(22)32-16)30(19-10-12-27-13-11-19)14-18-8-5-9-20(26)23(18)31/h2-9,15,19,27,31H,10-14H2,1H3. The number of phenols is 1. The summed E-state index contributed by atoms with van der Waals surface area (Å²) in [5, 5.41) is 14.8. The van der Waals surface area contributed by atoms with Gasteiger partial charge in [-0.2, -0.15) is 0 Å². The number of aromatic nitrogens is 2. The molecule has 0 amide bonds. The van der Waals surface area contributed by atoms with Crippen molar-refractivity contribution in [2.75, 3.05) is 18.0 Å². The third-order valence-electron chi connectivity index (χ3n) is 6.14. The minimum Gasteiger partial charge on any atom is -0.505 e. The summed E-state index contributed by atoms with van der Waals surface area (Å²) in [7, 11) is 0. The number of piperidine rings is 1. The van der Waals surface area contributed by atoms with Crippen LogP contribution in [-0.4, -0.2) is 34.2 Å². The molecule has 4 aromatic rings. The molecule has 0 aliphatic carbocycles. The molecular weight excluding hydrogens is 423 g/mol. The first-order valence-corrected chi connectivity index (χ1v) is 11.7. The van der Waals surface area contributed by atoms with Gasteiger partial charge in [0, 0.05) is 28.6 Å². The lowest BCUT2D eigenvalue weighted by molar-refractivity contribution is 0.409. The maximum absolute atomic E-state index is 14.1. The van der Waals surface area contributed by atoms with Gasteiger partial charge in [0.2, 0.25) is 0 Å². The lowest BCUT2D eigenvalue weighted by Gasteiger charge is -2.36. The smallest absolute Gasteiger partial charge is 0.165 e. The fourth-order valence-electron chi connectivity index (χ4n) is 4.57. The van der Waals surface area contributed by atoms with Crippen LogP contribution in [0.3, 0.4) is 0 Å². The van der Waals surface area contributed by atoms with Gasteiger partial charge in [-0.1, -0.05) is 42.5 Å². The van der Waals surface area contributed by atoms with Crippen molar-refractivity contribution < 1.29 is 9.50 Å². The summed E-state index contributed by atoms with van der Waals surface area (Å²) in [6.07, 6.45) is 3.51. The van der Waals surface area contributed by atoms with Crippen LogP contribution < -0.4 is 10.2 Å². The second kappa shape index (κ2) is 8.84. The molecule has 2 aromatic carbocycles. The summed E-state index contributed by atoms with van der Waals surface area (Å²) < 4.78 is 14.1. The first kappa shape index (κ1) is 20.8. The zero-order valence-corrected chi connectivity index (χ0v) is 18.7. The highest BCUT2D eigenvalue weighted by molar-refractivity contribution is 7.19. The Labute approximate surface area is 190 Å². The van der Waals surface area contributed by atoms with E-state index in [0.717, 1.165) is 53.1 Å². The van der Waals surface area contributed by atoms with Gasteiger partial charge in [0.05, 0.1) is 5.39 Å². The molecule has 0 radical (unpaired) electrons. The van der Waals surface area contributed by atoms with Crippen LogP contribution in [0, 0.1) is 12.7 Å². The predicted octanol–water partition coefficient (Wildman–Crippen LogP) is 5.27. The largest absolute Gasteiger partial charge is 0.505 e. The number of anilines is 1. The van der Waals surface area contributed by atoms with E-state index in [1.165, 1.54) is 10.9 Å². The number of nitrogens with one attached hydrogen (secondary N) is 1. The molecule has 3 heterocycles. The lowest BCUT2D eigenvalue weighted by Crippen LogP contribution is -2.43. The van der Waals surface area contributed by atoms with Crippen LogP contribution in [0.4, 0.5) is 10.2 Å². The first-order chi connectivity index (χ1) is 15.6. The van der Waals surface area contributed by atoms with E-state index in [1.807, 2.05) is 18.2 Å². The number of halogens is 1. The number of thiophene rings is 1. The summed E-state index contributed by atoms with van der Waals surface area (Å²) in [5.41, 5.74) is 2.83. The second-order valence-electron chi connectivity index (χ2n) is 8.13. The van der Waals surface area contributed by atoms with Crippen molar-refractivity contribution in [3.63, 3.8) is 0 Å². The fraction of sp³-hybridized carbons (Fsp3) is 0.280. The van der Waals surface area contributed by atoms with Gasteiger partial charge in [0.25, 0.3) is 0 Å². The van der Waals surface area contributed by atoms with Crippen LogP contribution in [0.2, 0.25) is 0 Å². The number of nitrogens with zero attached hydrogens (tertiary/aromatic N) is 3. The van der Waals surface area contributed by atoms with Gasteiger partial charge in [-0.3, -0.25) is 0 Å². The summed E-state index contributed by atoms with van der Waals surface area (Å²) in [6.45, 7) is 4.33. The lowest BCUT2D eigenvalue weighted by atomic mass is 10.00. The van der Waals surface area contributed by atoms with Crippen LogP contribution in [0.25, 0.3) is 21.3 Å². The van der Waals surface area contributed by atoms with E-state index in [4.69, 9.17) is 4.98 Å². The molecule has 1 fully saturated rings. The van der Waals surface area contributed by atoms with E-state index in [2.05, 4.69) is 34.3 Å². The van der Waals surface area contributed by atoms with Gasteiger partial charge in [-0.05, 0) is 44.5 Å². The number of aryl methyl sites for hydroxylation is 1. The minimum atomic E-state index is -0.600. The normalized spacial score (nSPS) is 14.7. The molecular formula is C25H25FN4OS. The quantitative estimate of drug-likeness (QED) is 0.436. The van der Waals surface area contributed by atoms with Crippen molar-refractivity contribution >= 4 is 27.4 Å². The Morgan fingerprint density at radius 2 is 1.88 bits per heavy atom. The topological polar surface area (TPSA) is 61.3 Å². The molecule has 32 heavy (non-hydrogen) atoms. The molecule has 7 heteroatoms. The Balaban J connectivity index is 1.69. The van der Waals surface area contributed by atoms with E-state index in [-0.39, 0.29) is 11.8 Å². The molecule has 5 rings (SSSR count). The summed E-state index contributed by atoms with van der Waals surface area (Å²) in [6, 6.07) is 15.2. The van der Waals surface area contributed by atoms with Crippen molar-refractivity contribution in [2.24, 2.45) is 0 Å². The Kier molecular flexibility index (Phi) is 5.76. The van der Waals surface area contributed by atoms with Crippen molar-refractivity contribution in [1.29, 1.82) is 0 Å². The Morgan fingerprint density at radius 3 is 2.66 bits per heavy atom. The highest BCUT2D eigenvalue weighted by Crippen LogP contribution is 2.42. The highest BCUT2D eigenvalue weighted by atomic mass is 32.1. The van der Waals surface area contributed by atoms with Gasteiger partial charge < -0.3 is 15.3 Å². The third kappa shape index (κ3) is 3.82. The van der Waals surface area contributed by atoms with Gasteiger partial charge in [0.15, 0.2) is 11.6 Å². The number of aromatic hydroxyl groups is 1. The number of benzene rings is 2. The third-order valence-corrected chi connectivity index (χ3v) is 7.15. The van der Waals surface area contributed by atoms with Gasteiger partial charge >= 0.3 is 0 Å². The molecule has 5 nitrogen and oxygen atoms in total. The molecule has 1 aliphatic heterocycles. The summed E-state index contributed by atoms with van der Waals surface area (Å²) >= 11 is 1.66. The maximum atomic E-state index is 14.1. The van der Waals surface area contributed by atoms with Gasteiger partial charge in [0.1, 0.15) is 17.0 Å². The van der Waals surface area contributed by atoms with Crippen LogP contribution >= 0.6 is 11.3 Å². The van der Waals surface area contributed by atoms with Gasteiger partial charge in [-0.15, -0.1) is 11.3 Å². The maximum Gasteiger partial charge on any atom is 0.165 e. The number of hydrogen-bond acceptors (Lipinski definition) is 6. The number of phenolic OH excluding ortho intramolecular Hbond substituents is 1. The summed E-state index contributed by atoms with van der Waals surface area (Å²) in [4.78, 5) is 13.7. The molecule has 0 spiro atoms. The number of hydrogen-bond donors (Lipinski definition) is 2. The van der Waals surface area contributed by atoms with Crippen LogP contribution in [0.5, 0.6) is 5.75 Å². The molecule has 1 aliphatic rings. The van der Waals surface area contributed by atoms with E-state index in [9.17, 15) is 9.50 Å². The zero-order chi connectivity index (χ0) is 22.1. The SMILES string of the molecule is Cc1sc2ncnc(N(Cc3cccc(F)c3O)C3CCNCC3)c2c1-c1ccccc1. The average Bonchev–Trinajstić information content (AvgIpc) is 3.17. The monoisotopic (exact) mass is 448 g/mol. The number of fused-ring (bicyclic) bond motifs is 1. The summed E-state index contributed by atoms with van der Waals surface area (Å²) in [5.74, 6) is -0.0489. The highest BCUT2D eigenvalue weighted by Gasteiger charge is 2.28. The van der Waals surface area contributed by atoms with Crippen LogP contribution in [0.15, 0.2) is 54.9 Å². The van der Waals surface area contributed by atoms with Crippen molar-refractivity contribution in [3.05, 3.63) is 71.1 Å². The molecule has 1 saturated heterocycles. The molecule has 0 saturated carbocycles. The predicted molar refractivity (Wildman–Crippen MR) is 128 cm³/mol. The Morgan fingerprint density at radius 1 is 1.09 bits per heavy atom. The zero-order valence-electron chi connectivity index (χ0n) is 17.9.